The van der Waals surface area contributed by atoms with Gasteiger partial charge in [-0.1, -0.05) is 33.1 Å². The minimum absolute atomic E-state index is 0.0868. The van der Waals surface area contributed by atoms with Gasteiger partial charge >= 0.3 is 0 Å². The van der Waals surface area contributed by atoms with Crippen molar-refractivity contribution in [1.82, 2.24) is 10.6 Å². The summed E-state index contributed by atoms with van der Waals surface area (Å²) in [5.74, 6) is 0.0868. The maximum absolute atomic E-state index is 11.6. The summed E-state index contributed by atoms with van der Waals surface area (Å²) in [6.45, 7) is 6.21. The summed E-state index contributed by atoms with van der Waals surface area (Å²) in [6, 6.07) is 0.486. The Morgan fingerprint density at radius 1 is 1.17 bits per heavy atom. The van der Waals surface area contributed by atoms with Crippen LogP contribution in [0.4, 0.5) is 0 Å². The molecule has 0 aromatic carbocycles. The van der Waals surface area contributed by atoms with E-state index in [2.05, 4.69) is 24.5 Å². The van der Waals surface area contributed by atoms with E-state index in [9.17, 15) is 4.79 Å². The zero-order valence-corrected chi connectivity index (χ0v) is 12.3. The van der Waals surface area contributed by atoms with Crippen molar-refractivity contribution in [2.24, 2.45) is 0 Å². The molecule has 4 nitrogen and oxygen atoms in total. The van der Waals surface area contributed by atoms with E-state index >= 15 is 0 Å². The van der Waals surface area contributed by atoms with Crippen molar-refractivity contribution in [2.45, 2.75) is 58.4 Å². The molecule has 0 radical (unpaired) electrons. The van der Waals surface area contributed by atoms with E-state index in [1.807, 2.05) is 0 Å². The van der Waals surface area contributed by atoms with Crippen LogP contribution in [0.5, 0.6) is 0 Å². The quantitative estimate of drug-likeness (QED) is 0.527. The lowest BCUT2D eigenvalue weighted by atomic mass is 10.1. The minimum Gasteiger partial charge on any atom is -0.385 e. The Balaban J connectivity index is 3.63. The lowest BCUT2D eigenvalue weighted by molar-refractivity contribution is -0.120. The van der Waals surface area contributed by atoms with Crippen LogP contribution in [-0.2, 0) is 9.53 Å². The van der Waals surface area contributed by atoms with Crippen LogP contribution in [-0.4, -0.2) is 38.8 Å². The first kappa shape index (κ1) is 17.4. The highest BCUT2D eigenvalue weighted by atomic mass is 16.5. The number of amides is 1. The third-order valence-electron chi connectivity index (χ3n) is 2.94. The fraction of sp³-hybridized carbons (Fsp3) is 0.929. The Morgan fingerprint density at radius 3 is 2.56 bits per heavy atom. The number of unbranched alkanes of at least 4 members (excludes halogenated alkanes) is 1. The normalized spacial score (nSPS) is 12.4. The van der Waals surface area contributed by atoms with Gasteiger partial charge in [-0.2, -0.15) is 0 Å². The molecule has 0 aliphatic carbocycles. The smallest absolute Gasteiger partial charge is 0.233 e. The molecule has 108 valence electrons. The Hall–Kier alpha value is -0.610. The van der Waals surface area contributed by atoms with Gasteiger partial charge < -0.3 is 15.4 Å². The van der Waals surface area contributed by atoms with Gasteiger partial charge in [0.2, 0.25) is 5.91 Å². The van der Waals surface area contributed by atoms with Crippen molar-refractivity contribution >= 4 is 5.91 Å². The topological polar surface area (TPSA) is 50.4 Å². The van der Waals surface area contributed by atoms with Gasteiger partial charge in [0, 0.05) is 26.3 Å². The molecule has 0 spiro atoms. The molecule has 0 saturated carbocycles. The third kappa shape index (κ3) is 10.5. The van der Waals surface area contributed by atoms with Gasteiger partial charge in [0.1, 0.15) is 0 Å². The van der Waals surface area contributed by atoms with Gasteiger partial charge in [0.25, 0.3) is 0 Å². The molecule has 0 aliphatic heterocycles. The van der Waals surface area contributed by atoms with Crippen LogP contribution in [0.15, 0.2) is 0 Å². The number of hydrogen-bond acceptors (Lipinski definition) is 3. The van der Waals surface area contributed by atoms with Crippen LogP contribution in [0.1, 0.15) is 52.4 Å². The summed E-state index contributed by atoms with van der Waals surface area (Å²) < 4.78 is 4.93. The Morgan fingerprint density at radius 2 is 1.94 bits per heavy atom. The van der Waals surface area contributed by atoms with E-state index in [4.69, 9.17) is 4.74 Å². The molecule has 4 heteroatoms. The molecule has 0 heterocycles. The number of carbonyl (C=O) groups excluding carboxylic acids is 1. The molecule has 0 aliphatic rings. The molecule has 0 saturated heterocycles. The average molecular weight is 258 g/mol. The van der Waals surface area contributed by atoms with Gasteiger partial charge in [-0.3, -0.25) is 4.79 Å². The Labute approximate surface area is 112 Å². The third-order valence-corrected chi connectivity index (χ3v) is 2.94. The molecule has 0 aromatic rings. The van der Waals surface area contributed by atoms with E-state index in [1.165, 1.54) is 19.3 Å². The van der Waals surface area contributed by atoms with Crippen molar-refractivity contribution in [3.8, 4) is 0 Å². The van der Waals surface area contributed by atoms with E-state index < -0.39 is 0 Å². The summed E-state index contributed by atoms with van der Waals surface area (Å²) in [6.07, 6.45) is 6.80. The molecule has 1 amide bonds. The predicted molar refractivity (Wildman–Crippen MR) is 75.7 cm³/mol. The molecular formula is C14H30N2O2. The molecule has 1 atom stereocenters. The highest BCUT2D eigenvalue weighted by Crippen LogP contribution is 2.06. The summed E-state index contributed by atoms with van der Waals surface area (Å²) in [4.78, 5) is 11.6. The van der Waals surface area contributed by atoms with Crippen LogP contribution >= 0.6 is 0 Å². The molecule has 1 unspecified atom stereocenters. The van der Waals surface area contributed by atoms with Gasteiger partial charge in [0.05, 0.1) is 6.54 Å². The number of ether oxygens (including phenoxy) is 1. The molecule has 2 N–H and O–H groups in total. The summed E-state index contributed by atoms with van der Waals surface area (Å²) in [5.41, 5.74) is 0. The average Bonchev–Trinajstić information content (AvgIpc) is 2.38. The van der Waals surface area contributed by atoms with Crippen LogP contribution in [0.2, 0.25) is 0 Å². The fourth-order valence-corrected chi connectivity index (χ4v) is 1.89. The van der Waals surface area contributed by atoms with Crippen LogP contribution in [0.25, 0.3) is 0 Å². The van der Waals surface area contributed by atoms with Crippen molar-refractivity contribution in [2.75, 3.05) is 26.8 Å². The highest BCUT2D eigenvalue weighted by molar-refractivity contribution is 5.77. The zero-order valence-electron chi connectivity index (χ0n) is 12.3. The molecular weight excluding hydrogens is 228 g/mol. The van der Waals surface area contributed by atoms with Crippen LogP contribution in [0.3, 0.4) is 0 Å². The van der Waals surface area contributed by atoms with Crippen molar-refractivity contribution < 1.29 is 9.53 Å². The zero-order chi connectivity index (χ0) is 13.6. The molecule has 0 rings (SSSR count). The molecule has 0 aromatic heterocycles. The first-order valence-corrected chi connectivity index (χ1v) is 7.23. The number of rotatable bonds is 12. The van der Waals surface area contributed by atoms with Crippen molar-refractivity contribution in [3.63, 3.8) is 0 Å². The van der Waals surface area contributed by atoms with Crippen LogP contribution < -0.4 is 10.6 Å². The Bertz CT molecular complexity index is 198. The first-order chi connectivity index (χ1) is 8.74. The lowest BCUT2D eigenvalue weighted by Gasteiger charge is -2.17. The number of nitrogens with one attached hydrogen (secondary N) is 2. The first-order valence-electron chi connectivity index (χ1n) is 7.23. The van der Waals surface area contributed by atoms with Gasteiger partial charge in [-0.25, -0.2) is 0 Å². The van der Waals surface area contributed by atoms with E-state index in [1.54, 1.807) is 7.11 Å². The maximum atomic E-state index is 11.6. The second-order valence-electron chi connectivity index (χ2n) is 4.71. The van der Waals surface area contributed by atoms with E-state index in [0.717, 1.165) is 19.3 Å². The molecule has 18 heavy (non-hydrogen) atoms. The standard InChI is InChI=1S/C14H30N2O2/c1-4-6-9-13(8-5-2)16-12-14(17)15-10-7-11-18-3/h13,16H,4-12H2,1-3H3,(H,15,17). The predicted octanol–water partition coefficient (Wildman–Crippen LogP) is 2.09. The maximum Gasteiger partial charge on any atom is 0.233 e. The summed E-state index contributed by atoms with van der Waals surface area (Å²) in [5, 5.41) is 6.24. The second kappa shape index (κ2) is 12.8. The van der Waals surface area contributed by atoms with E-state index in [0.29, 0.717) is 25.7 Å². The SMILES string of the molecule is CCCCC(CCC)NCC(=O)NCCCOC. The second-order valence-corrected chi connectivity index (χ2v) is 4.71. The fourth-order valence-electron chi connectivity index (χ4n) is 1.89. The largest absolute Gasteiger partial charge is 0.385 e. The minimum atomic E-state index is 0.0868. The van der Waals surface area contributed by atoms with Crippen LogP contribution in [0, 0.1) is 0 Å². The van der Waals surface area contributed by atoms with Crippen molar-refractivity contribution in [3.05, 3.63) is 0 Å². The number of carbonyl (C=O) groups is 1. The monoisotopic (exact) mass is 258 g/mol. The Kier molecular flexibility index (Phi) is 12.4. The number of hydrogen-bond donors (Lipinski definition) is 2. The lowest BCUT2D eigenvalue weighted by Crippen LogP contribution is -2.39. The summed E-state index contributed by atoms with van der Waals surface area (Å²) >= 11 is 0. The van der Waals surface area contributed by atoms with Gasteiger partial charge in [-0.05, 0) is 19.3 Å². The molecule has 0 fully saturated rings. The van der Waals surface area contributed by atoms with Crippen molar-refractivity contribution in [1.29, 1.82) is 0 Å². The van der Waals surface area contributed by atoms with E-state index in [-0.39, 0.29) is 5.91 Å². The van der Waals surface area contributed by atoms with Gasteiger partial charge in [0.15, 0.2) is 0 Å². The molecule has 0 bridgehead atoms. The summed E-state index contributed by atoms with van der Waals surface area (Å²) in [7, 11) is 1.67. The van der Waals surface area contributed by atoms with Gasteiger partial charge in [-0.15, -0.1) is 0 Å². The highest BCUT2D eigenvalue weighted by Gasteiger charge is 2.08. The number of methoxy groups -OCH3 is 1.